The Bertz CT molecular complexity index is 104. The molecule has 0 heterocycles. The minimum Gasteiger partial charge on any atom is -0.352 e. The highest BCUT2D eigenvalue weighted by Gasteiger charge is 2.11. The average Bonchev–Trinajstić information content (AvgIpc) is 2.14. The van der Waals surface area contributed by atoms with E-state index in [0.717, 1.165) is 19.6 Å². The summed E-state index contributed by atoms with van der Waals surface area (Å²) in [5.74, 6) is 0. The van der Waals surface area contributed by atoms with E-state index in [1.165, 1.54) is 0 Å². The van der Waals surface area contributed by atoms with E-state index in [1.54, 1.807) is 0 Å². The van der Waals surface area contributed by atoms with Crippen LogP contribution in [0.4, 0.5) is 0 Å². The van der Waals surface area contributed by atoms with Gasteiger partial charge in [-0.25, -0.2) is 0 Å². The molecule has 0 saturated carbocycles. The van der Waals surface area contributed by atoms with E-state index in [1.807, 2.05) is 13.8 Å². The number of ether oxygens (including phenoxy) is 2. The van der Waals surface area contributed by atoms with Crippen molar-refractivity contribution in [1.82, 2.24) is 4.90 Å². The molecule has 4 heteroatoms. The predicted molar refractivity (Wildman–Crippen MR) is 62.1 cm³/mol. The van der Waals surface area contributed by atoms with Crippen LogP contribution >= 0.6 is 12.4 Å². The maximum Gasteiger partial charge on any atom is 0.170 e. The summed E-state index contributed by atoms with van der Waals surface area (Å²) in [5, 5.41) is 0. The largest absolute Gasteiger partial charge is 0.352 e. The lowest BCUT2D eigenvalue weighted by atomic mass is 10.4. The van der Waals surface area contributed by atoms with Crippen molar-refractivity contribution in [2.24, 2.45) is 0 Å². The zero-order chi connectivity index (χ0) is 10.1. The van der Waals surface area contributed by atoms with Crippen LogP contribution in [0, 0.1) is 0 Å². The molecule has 0 aliphatic rings. The van der Waals surface area contributed by atoms with Gasteiger partial charge in [-0.3, -0.25) is 4.90 Å². The Kier molecular flexibility index (Phi) is 13.3. The third-order valence-electron chi connectivity index (χ3n) is 2.01. The van der Waals surface area contributed by atoms with E-state index in [4.69, 9.17) is 9.47 Å². The predicted octanol–water partition coefficient (Wildman–Crippen LogP) is 2.15. The first kappa shape index (κ1) is 16.6. The van der Waals surface area contributed by atoms with Gasteiger partial charge in [-0.15, -0.1) is 12.4 Å². The Balaban J connectivity index is 0. The first-order valence-corrected chi connectivity index (χ1v) is 5.23. The summed E-state index contributed by atoms with van der Waals surface area (Å²) in [6.45, 7) is 12.7. The molecule has 0 N–H and O–H groups in total. The van der Waals surface area contributed by atoms with Crippen molar-refractivity contribution in [2.45, 2.75) is 34.0 Å². The molecular formula is C10H24ClNO2. The summed E-state index contributed by atoms with van der Waals surface area (Å²) in [6, 6.07) is 0. The molecule has 0 aromatic rings. The van der Waals surface area contributed by atoms with Crippen LogP contribution in [0.1, 0.15) is 27.7 Å². The number of likely N-dealkylation sites (N-methyl/N-ethyl adjacent to an activating group) is 1. The molecule has 0 amide bonds. The highest BCUT2D eigenvalue weighted by Crippen LogP contribution is 1.99. The van der Waals surface area contributed by atoms with Crippen LogP contribution in [0.2, 0.25) is 0 Å². The van der Waals surface area contributed by atoms with E-state index >= 15 is 0 Å². The lowest BCUT2D eigenvalue weighted by Crippen LogP contribution is -2.35. The van der Waals surface area contributed by atoms with Crippen LogP contribution in [0.5, 0.6) is 0 Å². The van der Waals surface area contributed by atoms with Gasteiger partial charge in [0.05, 0.1) is 0 Å². The molecule has 0 fully saturated rings. The van der Waals surface area contributed by atoms with E-state index in [2.05, 4.69) is 18.7 Å². The molecular weight excluding hydrogens is 202 g/mol. The quantitative estimate of drug-likeness (QED) is 0.591. The molecule has 0 aromatic carbocycles. The fraction of sp³-hybridized carbons (Fsp3) is 1.00. The molecule has 3 nitrogen and oxygen atoms in total. The number of rotatable bonds is 8. The van der Waals surface area contributed by atoms with Crippen molar-refractivity contribution in [3.8, 4) is 0 Å². The third kappa shape index (κ3) is 7.56. The van der Waals surface area contributed by atoms with Crippen LogP contribution in [0.3, 0.4) is 0 Å². The first-order chi connectivity index (χ1) is 6.28. The summed E-state index contributed by atoms with van der Waals surface area (Å²) < 4.78 is 10.9. The summed E-state index contributed by atoms with van der Waals surface area (Å²) >= 11 is 0. The summed E-state index contributed by atoms with van der Waals surface area (Å²) in [4.78, 5) is 2.30. The molecule has 0 aliphatic heterocycles. The first-order valence-electron chi connectivity index (χ1n) is 5.23. The van der Waals surface area contributed by atoms with Crippen molar-refractivity contribution in [3.63, 3.8) is 0 Å². The maximum atomic E-state index is 5.45. The van der Waals surface area contributed by atoms with Crippen LogP contribution < -0.4 is 0 Å². The molecule has 0 spiro atoms. The second-order valence-electron chi connectivity index (χ2n) is 2.83. The van der Waals surface area contributed by atoms with Crippen LogP contribution in [0.15, 0.2) is 0 Å². The highest BCUT2D eigenvalue weighted by atomic mass is 35.5. The smallest absolute Gasteiger partial charge is 0.170 e. The molecule has 0 unspecified atom stereocenters. The molecule has 0 aromatic heterocycles. The average molecular weight is 226 g/mol. The van der Waals surface area contributed by atoms with Gasteiger partial charge in [0.1, 0.15) is 0 Å². The SMILES string of the molecule is CCOC(CN(CC)CC)OCC.Cl. The van der Waals surface area contributed by atoms with Gasteiger partial charge in [-0.05, 0) is 26.9 Å². The summed E-state index contributed by atoms with van der Waals surface area (Å²) in [7, 11) is 0. The monoisotopic (exact) mass is 225 g/mol. The molecule has 0 atom stereocenters. The Morgan fingerprint density at radius 3 is 1.64 bits per heavy atom. The Morgan fingerprint density at radius 2 is 1.36 bits per heavy atom. The summed E-state index contributed by atoms with van der Waals surface area (Å²) in [6.07, 6.45) is -0.0603. The van der Waals surface area contributed by atoms with Crippen molar-refractivity contribution >= 4 is 12.4 Å². The number of hydrogen-bond acceptors (Lipinski definition) is 3. The van der Waals surface area contributed by atoms with Crippen LogP contribution in [-0.2, 0) is 9.47 Å². The molecule has 0 bridgehead atoms. The molecule has 0 aliphatic carbocycles. The number of nitrogens with zero attached hydrogens (tertiary/aromatic N) is 1. The molecule has 14 heavy (non-hydrogen) atoms. The van der Waals surface area contributed by atoms with Gasteiger partial charge in [0.25, 0.3) is 0 Å². The molecule has 88 valence electrons. The van der Waals surface area contributed by atoms with Crippen molar-refractivity contribution < 1.29 is 9.47 Å². The van der Waals surface area contributed by atoms with E-state index in [0.29, 0.717) is 13.2 Å². The van der Waals surface area contributed by atoms with Crippen molar-refractivity contribution in [3.05, 3.63) is 0 Å². The van der Waals surface area contributed by atoms with Crippen LogP contribution in [0.25, 0.3) is 0 Å². The topological polar surface area (TPSA) is 21.7 Å². The fourth-order valence-corrected chi connectivity index (χ4v) is 1.22. The fourth-order valence-electron chi connectivity index (χ4n) is 1.22. The second kappa shape index (κ2) is 11.2. The van der Waals surface area contributed by atoms with E-state index in [9.17, 15) is 0 Å². The third-order valence-corrected chi connectivity index (χ3v) is 2.01. The molecule has 0 rings (SSSR count). The van der Waals surface area contributed by atoms with Crippen molar-refractivity contribution in [1.29, 1.82) is 0 Å². The standard InChI is InChI=1S/C10H23NO2.ClH/c1-5-11(6-2)9-10(12-7-3)13-8-4;/h10H,5-9H2,1-4H3;1H. The van der Waals surface area contributed by atoms with E-state index in [-0.39, 0.29) is 18.7 Å². The maximum absolute atomic E-state index is 5.45. The summed E-state index contributed by atoms with van der Waals surface area (Å²) in [5.41, 5.74) is 0. The minimum absolute atomic E-state index is 0. The van der Waals surface area contributed by atoms with Gasteiger partial charge in [0, 0.05) is 19.8 Å². The Labute approximate surface area is 94.2 Å². The second-order valence-corrected chi connectivity index (χ2v) is 2.83. The zero-order valence-electron chi connectivity index (χ0n) is 9.78. The Morgan fingerprint density at radius 1 is 0.929 bits per heavy atom. The van der Waals surface area contributed by atoms with Gasteiger partial charge in [0.15, 0.2) is 6.29 Å². The highest BCUT2D eigenvalue weighted by molar-refractivity contribution is 5.85. The van der Waals surface area contributed by atoms with Gasteiger partial charge >= 0.3 is 0 Å². The van der Waals surface area contributed by atoms with Crippen LogP contribution in [-0.4, -0.2) is 44.0 Å². The number of halogens is 1. The van der Waals surface area contributed by atoms with Gasteiger partial charge in [-0.1, -0.05) is 13.8 Å². The number of hydrogen-bond donors (Lipinski definition) is 0. The Hall–Kier alpha value is 0.170. The lowest BCUT2D eigenvalue weighted by molar-refractivity contribution is -0.146. The molecule has 0 saturated heterocycles. The molecule has 0 radical (unpaired) electrons. The lowest BCUT2D eigenvalue weighted by Gasteiger charge is -2.24. The zero-order valence-corrected chi connectivity index (χ0v) is 10.6. The van der Waals surface area contributed by atoms with Gasteiger partial charge in [-0.2, -0.15) is 0 Å². The van der Waals surface area contributed by atoms with E-state index < -0.39 is 0 Å². The normalized spacial score (nSPS) is 10.7. The minimum atomic E-state index is -0.0603. The van der Waals surface area contributed by atoms with Gasteiger partial charge < -0.3 is 9.47 Å². The van der Waals surface area contributed by atoms with Gasteiger partial charge in [0.2, 0.25) is 0 Å². The van der Waals surface area contributed by atoms with Crippen molar-refractivity contribution in [2.75, 3.05) is 32.8 Å².